The molecule has 0 N–H and O–H groups in total. The molecule has 0 saturated heterocycles. The monoisotopic (exact) mass is 257 g/mol. The minimum Gasteiger partial charge on any atom is -0.496 e. The standard InChI is InChI=1S/C15H15NO3/c1-3-16-13(9-8-11(10-17)15(16)18)12-6-4-5-7-14(12)19-2/h4-10H,3H2,1-2H3. The number of hydrogen-bond acceptors (Lipinski definition) is 3. The van der Waals surface area contributed by atoms with Crippen LogP contribution in [0.1, 0.15) is 17.3 Å². The lowest BCUT2D eigenvalue weighted by molar-refractivity contribution is 0.112. The molecule has 0 fully saturated rings. The number of benzene rings is 1. The molecule has 1 aromatic carbocycles. The van der Waals surface area contributed by atoms with Gasteiger partial charge in [0.1, 0.15) is 5.75 Å². The molecular formula is C15H15NO3. The van der Waals surface area contributed by atoms with Crippen molar-refractivity contribution in [2.24, 2.45) is 0 Å². The number of carbonyl (C=O) groups excluding carboxylic acids is 1. The second-order valence-corrected chi connectivity index (χ2v) is 4.04. The van der Waals surface area contributed by atoms with Gasteiger partial charge in [-0.25, -0.2) is 0 Å². The normalized spacial score (nSPS) is 10.2. The van der Waals surface area contributed by atoms with Crippen molar-refractivity contribution in [2.45, 2.75) is 13.5 Å². The minimum atomic E-state index is -0.277. The maximum atomic E-state index is 12.1. The molecule has 0 aliphatic rings. The molecule has 4 heteroatoms. The predicted octanol–water partition coefficient (Wildman–Crippen LogP) is 2.36. The van der Waals surface area contributed by atoms with E-state index in [0.717, 1.165) is 11.3 Å². The molecule has 1 heterocycles. The Hall–Kier alpha value is -2.36. The van der Waals surface area contributed by atoms with Crippen molar-refractivity contribution in [1.29, 1.82) is 0 Å². The van der Waals surface area contributed by atoms with Gasteiger partial charge in [-0.05, 0) is 31.2 Å². The van der Waals surface area contributed by atoms with E-state index < -0.39 is 0 Å². The number of rotatable bonds is 4. The summed E-state index contributed by atoms with van der Waals surface area (Å²) in [6.45, 7) is 2.36. The van der Waals surface area contributed by atoms with Crippen LogP contribution in [0.4, 0.5) is 0 Å². The zero-order chi connectivity index (χ0) is 13.8. The Bertz CT molecular complexity index is 659. The fourth-order valence-electron chi connectivity index (χ4n) is 2.09. The van der Waals surface area contributed by atoms with E-state index in [1.807, 2.05) is 31.2 Å². The Morgan fingerprint density at radius 1 is 1.21 bits per heavy atom. The van der Waals surface area contributed by atoms with Gasteiger partial charge in [-0.2, -0.15) is 0 Å². The summed E-state index contributed by atoms with van der Waals surface area (Å²) in [6, 6.07) is 10.8. The lowest BCUT2D eigenvalue weighted by Gasteiger charge is -2.14. The molecule has 0 atom stereocenters. The van der Waals surface area contributed by atoms with Crippen molar-refractivity contribution >= 4 is 6.29 Å². The van der Waals surface area contributed by atoms with Gasteiger partial charge in [0.2, 0.25) is 0 Å². The fraction of sp³-hybridized carbons (Fsp3) is 0.200. The van der Waals surface area contributed by atoms with Crippen molar-refractivity contribution in [3.05, 3.63) is 52.3 Å². The third kappa shape index (κ3) is 2.29. The lowest BCUT2D eigenvalue weighted by atomic mass is 10.1. The van der Waals surface area contributed by atoms with Crippen molar-refractivity contribution in [2.75, 3.05) is 7.11 Å². The van der Waals surface area contributed by atoms with Crippen molar-refractivity contribution < 1.29 is 9.53 Å². The van der Waals surface area contributed by atoms with E-state index in [4.69, 9.17) is 4.74 Å². The van der Waals surface area contributed by atoms with Gasteiger partial charge < -0.3 is 9.30 Å². The van der Waals surface area contributed by atoms with E-state index in [-0.39, 0.29) is 11.1 Å². The van der Waals surface area contributed by atoms with E-state index in [9.17, 15) is 9.59 Å². The van der Waals surface area contributed by atoms with Gasteiger partial charge in [-0.15, -0.1) is 0 Å². The average molecular weight is 257 g/mol. The molecule has 0 bridgehead atoms. The van der Waals surface area contributed by atoms with Gasteiger partial charge in [0.15, 0.2) is 6.29 Å². The van der Waals surface area contributed by atoms with Crippen LogP contribution in [0.15, 0.2) is 41.2 Å². The number of ether oxygens (including phenoxy) is 1. The Kier molecular flexibility index (Phi) is 3.80. The van der Waals surface area contributed by atoms with E-state index in [1.165, 1.54) is 0 Å². The maximum absolute atomic E-state index is 12.1. The quantitative estimate of drug-likeness (QED) is 0.790. The first-order chi connectivity index (χ1) is 9.22. The summed E-state index contributed by atoms with van der Waals surface area (Å²) in [4.78, 5) is 22.9. The third-order valence-corrected chi connectivity index (χ3v) is 3.03. The number of aldehydes is 1. The van der Waals surface area contributed by atoms with Gasteiger partial charge in [0, 0.05) is 12.1 Å². The summed E-state index contributed by atoms with van der Waals surface area (Å²) >= 11 is 0. The molecule has 0 aliphatic heterocycles. The number of methoxy groups -OCH3 is 1. The van der Waals surface area contributed by atoms with Crippen LogP contribution < -0.4 is 10.3 Å². The van der Waals surface area contributed by atoms with Crippen molar-refractivity contribution in [3.63, 3.8) is 0 Å². The van der Waals surface area contributed by atoms with Crippen molar-refractivity contribution in [1.82, 2.24) is 4.57 Å². The van der Waals surface area contributed by atoms with Crippen LogP contribution in [-0.4, -0.2) is 18.0 Å². The third-order valence-electron chi connectivity index (χ3n) is 3.03. The molecule has 4 nitrogen and oxygen atoms in total. The molecule has 0 saturated carbocycles. The Morgan fingerprint density at radius 3 is 2.58 bits per heavy atom. The predicted molar refractivity (Wildman–Crippen MR) is 73.8 cm³/mol. The van der Waals surface area contributed by atoms with Gasteiger partial charge >= 0.3 is 0 Å². The molecule has 0 radical (unpaired) electrons. The molecule has 98 valence electrons. The topological polar surface area (TPSA) is 48.3 Å². The Morgan fingerprint density at radius 2 is 1.95 bits per heavy atom. The molecule has 2 aromatic rings. The summed E-state index contributed by atoms with van der Waals surface area (Å²) in [5, 5.41) is 0. The summed E-state index contributed by atoms with van der Waals surface area (Å²) in [5.74, 6) is 0.697. The van der Waals surface area contributed by atoms with Gasteiger partial charge in [0.25, 0.3) is 5.56 Å². The van der Waals surface area contributed by atoms with E-state index in [1.54, 1.807) is 23.8 Å². The number of aromatic nitrogens is 1. The van der Waals surface area contributed by atoms with Crippen molar-refractivity contribution in [3.8, 4) is 17.0 Å². The van der Waals surface area contributed by atoms with Crippen LogP contribution in [0.25, 0.3) is 11.3 Å². The highest BCUT2D eigenvalue weighted by atomic mass is 16.5. The number of pyridine rings is 1. The molecule has 0 amide bonds. The van der Waals surface area contributed by atoms with E-state index in [0.29, 0.717) is 18.6 Å². The molecule has 0 unspecified atom stereocenters. The zero-order valence-electron chi connectivity index (χ0n) is 10.9. The largest absolute Gasteiger partial charge is 0.496 e. The lowest BCUT2D eigenvalue weighted by Crippen LogP contribution is -2.24. The van der Waals surface area contributed by atoms with Gasteiger partial charge in [0.05, 0.1) is 18.4 Å². The minimum absolute atomic E-state index is 0.167. The number of hydrogen-bond donors (Lipinski definition) is 0. The van der Waals surface area contributed by atoms with Gasteiger partial charge in [-0.1, -0.05) is 12.1 Å². The molecular weight excluding hydrogens is 242 g/mol. The van der Waals surface area contributed by atoms with Crippen LogP contribution >= 0.6 is 0 Å². The number of nitrogens with zero attached hydrogens (tertiary/aromatic N) is 1. The molecule has 0 aliphatic carbocycles. The van der Waals surface area contributed by atoms with E-state index in [2.05, 4.69) is 0 Å². The van der Waals surface area contributed by atoms with Crippen LogP contribution in [0.5, 0.6) is 5.75 Å². The Balaban J connectivity index is 2.72. The molecule has 0 spiro atoms. The Labute approximate surface area is 111 Å². The first-order valence-electron chi connectivity index (χ1n) is 6.05. The number of para-hydroxylation sites is 1. The second-order valence-electron chi connectivity index (χ2n) is 4.04. The van der Waals surface area contributed by atoms with E-state index >= 15 is 0 Å². The SMILES string of the molecule is CCn1c(-c2ccccc2OC)ccc(C=O)c1=O. The van der Waals surface area contributed by atoms with Gasteiger partial charge in [-0.3, -0.25) is 9.59 Å². The number of carbonyl (C=O) groups is 1. The summed E-state index contributed by atoms with van der Waals surface area (Å²) < 4.78 is 6.88. The fourth-order valence-corrected chi connectivity index (χ4v) is 2.09. The first-order valence-corrected chi connectivity index (χ1v) is 6.05. The highest BCUT2D eigenvalue weighted by molar-refractivity contribution is 5.76. The highest BCUT2D eigenvalue weighted by Gasteiger charge is 2.12. The van der Waals surface area contributed by atoms with Crippen LogP contribution in [0.3, 0.4) is 0 Å². The van der Waals surface area contributed by atoms with Crippen LogP contribution in [-0.2, 0) is 6.54 Å². The first kappa shape index (κ1) is 13.1. The van der Waals surface area contributed by atoms with Crippen LogP contribution in [0.2, 0.25) is 0 Å². The van der Waals surface area contributed by atoms with Crippen LogP contribution in [0, 0.1) is 0 Å². The summed E-state index contributed by atoms with van der Waals surface area (Å²) in [7, 11) is 1.59. The molecule has 2 rings (SSSR count). The zero-order valence-corrected chi connectivity index (χ0v) is 10.9. The highest BCUT2D eigenvalue weighted by Crippen LogP contribution is 2.28. The molecule has 1 aromatic heterocycles. The maximum Gasteiger partial charge on any atom is 0.261 e. The summed E-state index contributed by atoms with van der Waals surface area (Å²) in [5.41, 5.74) is 1.47. The summed E-state index contributed by atoms with van der Waals surface area (Å²) in [6.07, 6.45) is 0.584. The molecule has 19 heavy (non-hydrogen) atoms. The second kappa shape index (κ2) is 5.52. The smallest absolute Gasteiger partial charge is 0.261 e. The average Bonchev–Trinajstić information content (AvgIpc) is 2.46.